The van der Waals surface area contributed by atoms with Gasteiger partial charge in [0.15, 0.2) is 0 Å². The molecule has 0 aliphatic heterocycles. The molecule has 112 valence electrons. The molecule has 0 spiro atoms. The number of aromatic amines is 1. The molecule has 0 radical (unpaired) electrons. The Hall–Kier alpha value is -2.56. The number of benzene rings is 1. The molecule has 1 amide bonds. The number of imidazole rings is 1. The second kappa shape index (κ2) is 5.02. The largest absolute Gasteiger partial charge is 0.351 e. The highest BCUT2D eigenvalue weighted by molar-refractivity contribution is 5.98. The zero-order valence-corrected chi connectivity index (χ0v) is 12.5. The molecule has 0 unspecified atom stereocenters. The average Bonchev–Trinajstić information content (AvgIpc) is 3.09. The van der Waals surface area contributed by atoms with Crippen molar-refractivity contribution < 1.29 is 4.79 Å². The summed E-state index contributed by atoms with van der Waals surface area (Å²) < 4.78 is 2.16. The van der Waals surface area contributed by atoms with Gasteiger partial charge in [-0.15, -0.1) is 0 Å². The number of carbonyl (C=O) groups excluding carboxylic acids is 1. The normalized spacial score (nSPS) is 14.4. The van der Waals surface area contributed by atoms with Crippen molar-refractivity contribution in [3.05, 3.63) is 53.7 Å². The number of carbonyl (C=O) groups is 1. The van der Waals surface area contributed by atoms with Crippen LogP contribution in [0.3, 0.4) is 0 Å². The molecule has 1 aliphatic rings. The zero-order chi connectivity index (χ0) is 15.1. The molecule has 0 bridgehead atoms. The first-order valence-corrected chi connectivity index (χ1v) is 7.59. The van der Waals surface area contributed by atoms with Crippen LogP contribution < -0.4 is 5.32 Å². The number of rotatable bonds is 4. The van der Waals surface area contributed by atoms with Crippen LogP contribution in [0.25, 0.3) is 10.9 Å². The first kappa shape index (κ1) is 13.1. The summed E-state index contributed by atoms with van der Waals surface area (Å²) in [5.41, 5.74) is 3.83. The standard InChI is InChI=1S/C17H18N4O/c1-11-2-5-15-12(6-11)7-16(20-15)17(22)19-9-14-8-18-10-21(14)13-3-4-13/h2,5-8,10,13,20H,3-4,9H2,1H3,(H,19,22). The summed E-state index contributed by atoms with van der Waals surface area (Å²) in [6.07, 6.45) is 6.09. The maximum absolute atomic E-state index is 12.3. The Balaban J connectivity index is 1.49. The predicted octanol–water partition coefficient (Wildman–Crippen LogP) is 2.94. The van der Waals surface area contributed by atoms with Crippen LogP contribution in [0.4, 0.5) is 0 Å². The fourth-order valence-corrected chi connectivity index (χ4v) is 2.79. The minimum Gasteiger partial charge on any atom is -0.351 e. The predicted molar refractivity (Wildman–Crippen MR) is 84.7 cm³/mol. The van der Waals surface area contributed by atoms with E-state index in [1.165, 1.54) is 18.4 Å². The highest BCUT2D eigenvalue weighted by Crippen LogP contribution is 2.35. The number of nitrogens with zero attached hydrogens (tertiary/aromatic N) is 2. The van der Waals surface area contributed by atoms with E-state index >= 15 is 0 Å². The van der Waals surface area contributed by atoms with Crippen molar-refractivity contribution >= 4 is 16.8 Å². The first-order valence-electron chi connectivity index (χ1n) is 7.59. The number of aromatic nitrogens is 3. The van der Waals surface area contributed by atoms with Crippen LogP contribution in [-0.2, 0) is 6.54 Å². The second-order valence-corrected chi connectivity index (χ2v) is 5.98. The summed E-state index contributed by atoms with van der Waals surface area (Å²) in [7, 11) is 0. The van der Waals surface area contributed by atoms with E-state index in [1.807, 2.05) is 37.6 Å². The maximum Gasteiger partial charge on any atom is 0.268 e. The Morgan fingerprint density at radius 3 is 3.09 bits per heavy atom. The summed E-state index contributed by atoms with van der Waals surface area (Å²) >= 11 is 0. The molecule has 1 saturated carbocycles. The molecular weight excluding hydrogens is 276 g/mol. The van der Waals surface area contributed by atoms with Gasteiger partial charge in [-0.2, -0.15) is 0 Å². The van der Waals surface area contributed by atoms with Crippen molar-refractivity contribution in [2.24, 2.45) is 0 Å². The smallest absolute Gasteiger partial charge is 0.268 e. The molecule has 2 N–H and O–H groups in total. The van der Waals surface area contributed by atoms with Gasteiger partial charge in [0.1, 0.15) is 5.69 Å². The van der Waals surface area contributed by atoms with Gasteiger partial charge < -0.3 is 14.9 Å². The van der Waals surface area contributed by atoms with E-state index < -0.39 is 0 Å². The van der Waals surface area contributed by atoms with Crippen molar-refractivity contribution in [3.8, 4) is 0 Å². The van der Waals surface area contributed by atoms with Crippen molar-refractivity contribution in [2.75, 3.05) is 0 Å². The van der Waals surface area contributed by atoms with E-state index in [2.05, 4.69) is 25.9 Å². The molecule has 0 atom stereocenters. The van der Waals surface area contributed by atoms with Crippen LogP contribution in [0.15, 0.2) is 36.8 Å². The lowest BCUT2D eigenvalue weighted by atomic mass is 10.2. The fourth-order valence-electron chi connectivity index (χ4n) is 2.79. The van der Waals surface area contributed by atoms with Crippen LogP contribution >= 0.6 is 0 Å². The molecular formula is C17H18N4O. The molecule has 0 saturated heterocycles. The lowest BCUT2D eigenvalue weighted by molar-refractivity contribution is 0.0946. The Kier molecular flexibility index (Phi) is 2.99. The number of hydrogen-bond donors (Lipinski definition) is 2. The van der Waals surface area contributed by atoms with Crippen LogP contribution in [0.2, 0.25) is 0 Å². The molecule has 5 heteroatoms. The number of hydrogen-bond acceptors (Lipinski definition) is 2. The molecule has 1 aromatic carbocycles. The molecule has 5 nitrogen and oxygen atoms in total. The van der Waals surface area contributed by atoms with Crippen molar-refractivity contribution in [3.63, 3.8) is 0 Å². The van der Waals surface area contributed by atoms with E-state index in [4.69, 9.17) is 0 Å². The maximum atomic E-state index is 12.3. The summed E-state index contributed by atoms with van der Waals surface area (Å²) in [5, 5.41) is 4.03. The average molecular weight is 294 g/mol. The highest BCUT2D eigenvalue weighted by Gasteiger charge is 2.25. The Bertz CT molecular complexity index is 841. The van der Waals surface area contributed by atoms with Gasteiger partial charge in [0.25, 0.3) is 5.91 Å². The molecule has 3 aromatic rings. The second-order valence-electron chi connectivity index (χ2n) is 5.98. The summed E-state index contributed by atoms with van der Waals surface area (Å²) in [4.78, 5) is 19.7. The van der Waals surface area contributed by atoms with E-state index in [0.29, 0.717) is 18.3 Å². The summed E-state index contributed by atoms with van der Waals surface area (Å²) in [5.74, 6) is -0.0857. The fraction of sp³-hybridized carbons (Fsp3) is 0.294. The van der Waals surface area contributed by atoms with Crippen molar-refractivity contribution in [1.82, 2.24) is 19.9 Å². The van der Waals surface area contributed by atoms with E-state index in [1.54, 1.807) is 0 Å². The minimum atomic E-state index is -0.0857. The number of aryl methyl sites for hydroxylation is 1. The van der Waals surface area contributed by atoms with Gasteiger partial charge >= 0.3 is 0 Å². The third kappa shape index (κ3) is 2.39. The highest BCUT2D eigenvalue weighted by atomic mass is 16.1. The first-order chi connectivity index (χ1) is 10.7. The number of nitrogens with one attached hydrogen (secondary N) is 2. The molecule has 1 fully saturated rings. The van der Waals surface area contributed by atoms with Gasteiger partial charge in [0, 0.05) is 23.1 Å². The summed E-state index contributed by atoms with van der Waals surface area (Å²) in [6, 6.07) is 8.59. The molecule has 4 rings (SSSR count). The monoisotopic (exact) mass is 294 g/mol. The van der Waals surface area contributed by atoms with Crippen LogP contribution in [-0.4, -0.2) is 20.4 Å². The van der Waals surface area contributed by atoms with Gasteiger partial charge in [-0.25, -0.2) is 4.98 Å². The molecule has 1 aliphatic carbocycles. The zero-order valence-electron chi connectivity index (χ0n) is 12.5. The van der Waals surface area contributed by atoms with E-state index in [0.717, 1.165) is 16.6 Å². The topological polar surface area (TPSA) is 62.7 Å². The van der Waals surface area contributed by atoms with Gasteiger partial charge in [-0.05, 0) is 38.0 Å². The van der Waals surface area contributed by atoms with E-state index in [-0.39, 0.29) is 5.91 Å². The minimum absolute atomic E-state index is 0.0857. The molecule has 2 heterocycles. The van der Waals surface area contributed by atoms with Crippen LogP contribution in [0.1, 0.15) is 40.6 Å². The quantitative estimate of drug-likeness (QED) is 0.777. The lowest BCUT2D eigenvalue weighted by Crippen LogP contribution is -2.24. The lowest BCUT2D eigenvalue weighted by Gasteiger charge is -2.07. The van der Waals surface area contributed by atoms with Gasteiger partial charge in [0.2, 0.25) is 0 Å². The molecule has 22 heavy (non-hydrogen) atoms. The van der Waals surface area contributed by atoms with Gasteiger partial charge in [0.05, 0.1) is 18.6 Å². The Morgan fingerprint density at radius 2 is 2.27 bits per heavy atom. The Labute approximate surface area is 128 Å². The number of H-pyrrole nitrogens is 1. The van der Waals surface area contributed by atoms with E-state index in [9.17, 15) is 4.79 Å². The van der Waals surface area contributed by atoms with Crippen molar-refractivity contribution in [2.45, 2.75) is 32.4 Å². The Morgan fingerprint density at radius 1 is 1.41 bits per heavy atom. The van der Waals surface area contributed by atoms with Gasteiger partial charge in [-0.1, -0.05) is 11.6 Å². The van der Waals surface area contributed by atoms with Crippen molar-refractivity contribution in [1.29, 1.82) is 0 Å². The third-order valence-corrected chi connectivity index (χ3v) is 4.14. The SMILES string of the molecule is Cc1ccc2[nH]c(C(=O)NCc3cncn3C3CC3)cc2c1. The summed E-state index contributed by atoms with van der Waals surface area (Å²) in [6.45, 7) is 2.55. The number of fused-ring (bicyclic) bond motifs is 1. The third-order valence-electron chi connectivity index (χ3n) is 4.14. The van der Waals surface area contributed by atoms with Crippen LogP contribution in [0, 0.1) is 6.92 Å². The van der Waals surface area contributed by atoms with Gasteiger partial charge in [-0.3, -0.25) is 4.79 Å². The molecule has 2 aromatic heterocycles. The van der Waals surface area contributed by atoms with Crippen LogP contribution in [0.5, 0.6) is 0 Å². The number of amides is 1.